The molecule has 0 fully saturated rings. The molecular weight excluding hydrogens is 257 g/mol. The number of halogens is 2. The number of amides is 1. The van der Waals surface area contributed by atoms with E-state index in [4.69, 9.17) is 11.6 Å². The molecule has 100 valence electrons. The van der Waals surface area contributed by atoms with Crippen molar-refractivity contribution in [2.24, 2.45) is 5.92 Å². The quantitative estimate of drug-likeness (QED) is 0.787. The summed E-state index contributed by atoms with van der Waals surface area (Å²) in [5.74, 6) is 0.762. The molecule has 2 rings (SSSR count). The minimum absolute atomic E-state index is 0.329. The van der Waals surface area contributed by atoms with E-state index in [0.29, 0.717) is 12.5 Å². The van der Waals surface area contributed by atoms with Crippen LogP contribution < -0.4 is 0 Å². The molecule has 2 atom stereocenters. The molecule has 1 aliphatic rings. The van der Waals surface area contributed by atoms with Crippen LogP contribution in [0.2, 0.25) is 0 Å². The summed E-state index contributed by atoms with van der Waals surface area (Å²) in [6, 6.07) is 0. The van der Waals surface area contributed by atoms with Gasteiger partial charge >= 0.3 is 0 Å². The van der Waals surface area contributed by atoms with Crippen LogP contribution in [-0.2, 0) is 17.8 Å². The topological polar surface area (TPSA) is 38.1 Å². The second-order valence-electron chi connectivity index (χ2n) is 4.88. The van der Waals surface area contributed by atoms with Crippen molar-refractivity contribution >= 4 is 17.5 Å². The molecule has 0 aromatic carbocycles. The number of carbonyl (C=O) groups excluding carboxylic acids is 1. The Morgan fingerprint density at radius 2 is 2.50 bits per heavy atom. The maximum Gasteiger partial charge on any atom is 0.272 e. The smallest absolute Gasteiger partial charge is 0.272 e. The fraction of sp³-hybridized carbons (Fsp3) is 0.667. The Morgan fingerprint density at radius 3 is 3.17 bits per heavy atom. The molecule has 2 heterocycles. The van der Waals surface area contributed by atoms with Gasteiger partial charge in [0.2, 0.25) is 0 Å². The number of hydrogen-bond donors (Lipinski definition) is 0. The fourth-order valence-corrected chi connectivity index (χ4v) is 2.62. The van der Waals surface area contributed by atoms with Gasteiger partial charge in [-0.1, -0.05) is 11.6 Å². The number of fused-ring (bicyclic) bond motifs is 1. The lowest BCUT2D eigenvalue weighted by molar-refractivity contribution is -0.133. The predicted molar refractivity (Wildman–Crippen MR) is 67.2 cm³/mol. The Kier molecular flexibility index (Phi) is 3.90. The minimum atomic E-state index is -1.94. The zero-order valence-corrected chi connectivity index (χ0v) is 11.3. The molecule has 0 radical (unpaired) electrons. The van der Waals surface area contributed by atoms with E-state index in [1.165, 1.54) is 4.90 Å². The number of alkyl halides is 2. The number of hydrogen-bond acceptors (Lipinski definition) is 2. The van der Waals surface area contributed by atoms with Gasteiger partial charge in [-0.3, -0.25) is 4.79 Å². The molecule has 0 aliphatic carbocycles. The molecule has 1 aromatic rings. The van der Waals surface area contributed by atoms with Crippen molar-refractivity contribution in [1.82, 2.24) is 14.5 Å². The molecule has 1 amide bonds. The van der Waals surface area contributed by atoms with Gasteiger partial charge in [-0.15, -0.1) is 0 Å². The van der Waals surface area contributed by atoms with Gasteiger partial charge in [0.05, 0.1) is 5.69 Å². The first-order valence-electron chi connectivity index (χ1n) is 6.03. The number of aromatic nitrogens is 2. The van der Waals surface area contributed by atoms with E-state index in [1.54, 1.807) is 7.05 Å². The highest BCUT2D eigenvalue weighted by molar-refractivity contribution is 6.29. The van der Waals surface area contributed by atoms with E-state index in [-0.39, 0.29) is 0 Å². The largest absolute Gasteiger partial charge is 0.342 e. The lowest BCUT2D eigenvalue weighted by Crippen LogP contribution is -2.38. The number of imidazole rings is 1. The third-order valence-electron chi connectivity index (χ3n) is 3.31. The summed E-state index contributed by atoms with van der Waals surface area (Å²) >= 11 is 5.15. The number of aryl methyl sites for hydroxylation is 2. The monoisotopic (exact) mass is 273 g/mol. The summed E-state index contributed by atoms with van der Waals surface area (Å²) in [5.41, 5.74) is -0.927. The van der Waals surface area contributed by atoms with Crippen LogP contribution >= 0.6 is 11.6 Å². The van der Waals surface area contributed by atoms with Crippen molar-refractivity contribution in [3.63, 3.8) is 0 Å². The fourth-order valence-electron chi connectivity index (χ4n) is 2.45. The Bertz CT molecular complexity index is 447. The van der Waals surface area contributed by atoms with Crippen molar-refractivity contribution < 1.29 is 9.18 Å². The second-order valence-corrected chi connectivity index (χ2v) is 5.26. The summed E-state index contributed by atoms with van der Waals surface area (Å²) in [6.45, 7) is 3.33. The molecule has 4 nitrogen and oxygen atoms in total. The molecule has 1 aliphatic heterocycles. The van der Waals surface area contributed by atoms with E-state index in [9.17, 15) is 9.18 Å². The van der Waals surface area contributed by atoms with Gasteiger partial charge in [-0.2, -0.15) is 0 Å². The molecule has 0 saturated heterocycles. The van der Waals surface area contributed by atoms with Gasteiger partial charge in [-0.25, -0.2) is 9.37 Å². The third kappa shape index (κ3) is 2.83. The van der Waals surface area contributed by atoms with Crippen molar-refractivity contribution in [3.05, 3.63) is 17.7 Å². The Morgan fingerprint density at radius 1 is 1.78 bits per heavy atom. The van der Waals surface area contributed by atoms with Crippen molar-refractivity contribution in [2.45, 2.75) is 31.9 Å². The van der Waals surface area contributed by atoms with E-state index in [0.717, 1.165) is 30.9 Å². The van der Waals surface area contributed by atoms with Gasteiger partial charge in [0.25, 0.3) is 11.5 Å². The number of nitrogens with zero attached hydrogens (tertiary/aromatic N) is 3. The van der Waals surface area contributed by atoms with Crippen LogP contribution in [0.5, 0.6) is 0 Å². The van der Waals surface area contributed by atoms with Crippen LogP contribution in [-0.4, -0.2) is 39.6 Å². The first-order chi connectivity index (χ1) is 8.47. The summed E-state index contributed by atoms with van der Waals surface area (Å²) < 4.78 is 14.8. The average molecular weight is 274 g/mol. The Labute approximate surface area is 111 Å². The maximum absolute atomic E-state index is 12.7. The van der Waals surface area contributed by atoms with E-state index < -0.39 is 11.5 Å². The molecular formula is C12H17ClFN3O. The molecule has 6 heteroatoms. The molecule has 0 bridgehead atoms. The van der Waals surface area contributed by atoms with Crippen LogP contribution in [0.15, 0.2) is 6.20 Å². The van der Waals surface area contributed by atoms with E-state index in [2.05, 4.69) is 9.55 Å². The standard InChI is InChI=1S/C12H17ClFN3O/c1-8-5-17-7-9(3-4-10(17)15-8)6-16(2)12(18)11(13)14/h5,9,11H,3-4,6-7H2,1-2H3. The van der Waals surface area contributed by atoms with Crippen LogP contribution in [0.25, 0.3) is 0 Å². The van der Waals surface area contributed by atoms with Crippen LogP contribution in [0.1, 0.15) is 17.9 Å². The highest BCUT2D eigenvalue weighted by Crippen LogP contribution is 2.21. The van der Waals surface area contributed by atoms with Crippen molar-refractivity contribution in [3.8, 4) is 0 Å². The summed E-state index contributed by atoms with van der Waals surface area (Å²) in [6.07, 6.45) is 3.89. The van der Waals surface area contributed by atoms with Crippen LogP contribution in [0, 0.1) is 12.8 Å². The van der Waals surface area contributed by atoms with Gasteiger partial charge < -0.3 is 9.47 Å². The first kappa shape index (κ1) is 13.3. The zero-order chi connectivity index (χ0) is 13.3. The van der Waals surface area contributed by atoms with Gasteiger partial charge in [0.1, 0.15) is 5.82 Å². The average Bonchev–Trinajstić information content (AvgIpc) is 2.67. The highest BCUT2D eigenvalue weighted by atomic mass is 35.5. The van der Waals surface area contributed by atoms with Gasteiger partial charge in [-0.05, 0) is 19.3 Å². The summed E-state index contributed by atoms with van der Waals surface area (Å²) in [5, 5.41) is 0. The van der Waals surface area contributed by atoms with Crippen molar-refractivity contribution in [1.29, 1.82) is 0 Å². The zero-order valence-electron chi connectivity index (χ0n) is 10.6. The van der Waals surface area contributed by atoms with E-state index >= 15 is 0 Å². The SMILES string of the molecule is Cc1cn2c(n1)CCC(CN(C)C(=O)C(F)Cl)C2. The minimum Gasteiger partial charge on any atom is -0.342 e. The normalized spacial score (nSPS) is 20.3. The van der Waals surface area contributed by atoms with Crippen molar-refractivity contribution in [2.75, 3.05) is 13.6 Å². The Balaban J connectivity index is 1.95. The highest BCUT2D eigenvalue weighted by Gasteiger charge is 2.25. The lowest BCUT2D eigenvalue weighted by atomic mass is 9.99. The van der Waals surface area contributed by atoms with Crippen LogP contribution in [0.3, 0.4) is 0 Å². The molecule has 18 heavy (non-hydrogen) atoms. The predicted octanol–water partition coefficient (Wildman–Crippen LogP) is 1.75. The molecule has 2 unspecified atom stereocenters. The molecule has 0 spiro atoms. The lowest BCUT2D eigenvalue weighted by Gasteiger charge is -2.28. The Hall–Kier alpha value is -1.10. The molecule has 0 N–H and O–H groups in total. The molecule has 1 aromatic heterocycles. The molecule has 0 saturated carbocycles. The summed E-state index contributed by atoms with van der Waals surface area (Å²) in [4.78, 5) is 17.2. The van der Waals surface area contributed by atoms with Gasteiger partial charge in [0, 0.05) is 32.8 Å². The van der Waals surface area contributed by atoms with E-state index in [1.807, 2.05) is 13.1 Å². The van der Waals surface area contributed by atoms with Crippen LogP contribution in [0.4, 0.5) is 4.39 Å². The first-order valence-corrected chi connectivity index (χ1v) is 6.46. The maximum atomic E-state index is 12.7. The second kappa shape index (κ2) is 5.26. The third-order valence-corrected chi connectivity index (χ3v) is 3.49. The number of carbonyl (C=O) groups is 1. The van der Waals surface area contributed by atoms with Gasteiger partial charge in [0.15, 0.2) is 0 Å². The number of rotatable bonds is 3. The summed E-state index contributed by atoms with van der Waals surface area (Å²) in [7, 11) is 1.59.